The van der Waals surface area contributed by atoms with Crippen LogP contribution < -0.4 is 32.1 Å². The number of aromatic amines is 1. The van der Waals surface area contributed by atoms with E-state index in [-0.39, 0.29) is 17.5 Å². The highest BCUT2D eigenvalue weighted by Gasteiger charge is 2.27. The Morgan fingerprint density at radius 1 is 1.35 bits per heavy atom. The molecule has 0 bridgehead atoms. The molecule has 2 heterocycles. The number of hydrogen-bond acceptors (Lipinski definition) is 8. The van der Waals surface area contributed by atoms with Crippen molar-refractivity contribution in [3.05, 3.63) is 40.2 Å². The number of carboxylic acids is 1. The van der Waals surface area contributed by atoms with E-state index in [9.17, 15) is 19.5 Å². The highest BCUT2D eigenvalue weighted by atomic mass is 16.4. The van der Waals surface area contributed by atoms with Crippen LogP contribution in [0.2, 0.25) is 0 Å². The van der Waals surface area contributed by atoms with E-state index in [0.717, 1.165) is 5.69 Å². The van der Waals surface area contributed by atoms with Gasteiger partial charge in [0.05, 0.1) is 6.04 Å². The molecule has 31 heavy (non-hydrogen) atoms. The molecule has 2 aromatic rings. The maximum absolute atomic E-state index is 12.3. The minimum atomic E-state index is -1.04. The van der Waals surface area contributed by atoms with Gasteiger partial charge in [-0.1, -0.05) is 13.3 Å². The first-order valence-electron chi connectivity index (χ1n) is 10.0. The minimum absolute atomic E-state index is 0.0210. The smallest absolute Gasteiger partial charge is 0.326 e. The quantitative estimate of drug-likeness (QED) is 0.354. The second kappa shape index (κ2) is 9.37. The monoisotopic (exact) mass is 429 g/mol. The molecule has 1 amide bonds. The van der Waals surface area contributed by atoms with Gasteiger partial charge in [0.15, 0.2) is 5.82 Å². The van der Waals surface area contributed by atoms with E-state index in [2.05, 4.69) is 25.9 Å². The van der Waals surface area contributed by atoms with Gasteiger partial charge in [0.1, 0.15) is 11.7 Å². The number of rotatable bonds is 8. The van der Waals surface area contributed by atoms with Crippen molar-refractivity contribution < 1.29 is 14.7 Å². The van der Waals surface area contributed by atoms with Gasteiger partial charge >= 0.3 is 5.97 Å². The van der Waals surface area contributed by atoms with Gasteiger partial charge in [0.25, 0.3) is 11.5 Å². The van der Waals surface area contributed by atoms with Crippen molar-refractivity contribution in [2.75, 3.05) is 41.4 Å². The van der Waals surface area contributed by atoms with Crippen molar-refractivity contribution >= 4 is 35.0 Å². The van der Waals surface area contributed by atoms with Crippen LogP contribution in [-0.4, -0.2) is 59.2 Å². The molecule has 1 aromatic carbocycles. The SMILES string of the molecule is CCCC(NC(=O)c1ccc(NCC2CNc3nc(N)[nH]c(=O)c3N2C)cc1)C(=O)O. The van der Waals surface area contributed by atoms with Gasteiger partial charge in [0, 0.05) is 31.4 Å². The number of hydrogen-bond donors (Lipinski definition) is 6. The maximum atomic E-state index is 12.3. The average molecular weight is 429 g/mol. The predicted molar refractivity (Wildman–Crippen MR) is 119 cm³/mol. The van der Waals surface area contributed by atoms with Gasteiger partial charge < -0.3 is 31.7 Å². The number of carbonyl (C=O) groups is 2. The van der Waals surface area contributed by atoms with Crippen molar-refractivity contribution in [3.63, 3.8) is 0 Å². The fourth-order valence-electron chi connectivity index (χ4n) is 3.44. The van der Waals surface area contributed by atoms with Crippen LogP contribution in [0.15, 0.2) is 29.1 Å². The first-order chi connectivity index (χ1) is 14.8. The number of likely N-dealkylation sites (N-methyl/N-ethyl adjacent to an activating group) is 1. The van der Waals surface area contributed by atoms with Crippen LogP contribution in [0.4, 0.5) is 23.1 Å². The fraction of sp³-hybridized carbons (Fsp3) is 0.400. The highest BCUT2D eigenvalue weighted by Crippen LogP contribution is 2.25. The molecule has 11 nitrogen and oxygen atoms in total. The summed E-state index contributed by atoms with van der Waals surface area (Å²) in [5, 5.41) is 18.1. The zero-order chi connectivity index (χ0) is 22.5. The Bertz CT molecular complexity index is 1010. The summed E-state index contributed by atoms with van der Waals surface area (Å²) >= 11 is 0. The first kappa shape index (κ1) is 21.9. The maximum Gasteiger partial charge on any atom is 0.326 e. The van der Waals surface area contributed by atoms with Crippen molar-refractivity contribution in [1.82, 2.24) is 15.3 Å². The zero-order valence-corrected chi connectivity index (χ0v) is 17.4. The molecule has 0 fully saturated rings. The number of carboxylic acid groups (broad SMARTS) is 1. The molecule has 0 spiro atoms. The number of anilines is 4. The third-order valence-electron chi connectivity index (χ3n) is 5.19. The predicted octanol–water partition coefficient (Wildman–Crippen LogP) is 0.678. The van der Waals surface area contributed by atoms with Gasteiger partial charge in [-0.2, -0.15) is 4.98 Å². The molecule has 166 valence electrons. The number of benzene rings is 1. The summed E-state index contributed by atoms with van der Waals surface area (Å²) in [7, 11) is 1.82. The molecule has 11 heteroatoms. The number of H-pyrrole nitrogens is 1. The van der Waals surface area contributed by atoms with Crippen molar-refractivity contribution in [3.8, 4) is 0 Å². The Labute approximate surface area is 179 Å². The fourth-order valence-corrected chi connectivity index (χ4v) is 3.44. The molecular weight excluding hydrogens is 402 g/mol. The number of aliphatic carboxylic acids is 1. The lowest BCUT2D eigenvalue weighted by atomic mass is 10.1. The molecule has 0 aliphatic carbocycles. The number of fused-ring (bicyclic) bond motifs is 1. The molecule has 1 aliphatic heterocycles. The summed E-state index contributed by atoms with van der Waals surface area (Å²) in [4.78, 5) is 44.2. The summed E-state index contributed by atoms with van der Waals surface area (Å²) in [5.74, 6) is -0.948. The summed E-state index contributed by atoms with van der Waals surface area (Å²) in [6.45, 7) is 2.97. The van der Waals surface area contributed by atoms with Crippen LogP contribution in [0.5, 0.6) is 0 Å². The van der Waals surface area contributed by atoms with E-state index in [4.69, 9.17) is 5.73 Å². The van der Waals surface area contributed by atoms with Crippen LogP contribution in [0.1, 0.15) is 30.1 Å². The normalized spacial score (nSPS) is 16.1. The highest BCUT2D eigenvalue weighted by molar-refractivity contribution is 5.96. The molecule has 2 unspecified atom stereocenters. The van der Waals surface area contributed by atoms with Crippen molar-refractivity contribution in [1.29, 1.82) is 0 Å². The van der Waals surface area contributed by atoms with Crippen molar-refractivity contribution in [2.24, 2.45) is 0 Å². The lowest BCUT2D eigenvalue weighted by Gasteiger charge is -2.35. The van der Waals surface area contributed by atoms with Gasteiger partial charge in [-0.05, 0) is 30.7 Å². The average Bonchev–Trinajstić information content (AvgIpc) is 2.72. The lowest BCUT2D eigenvalue weighted by molar-refractivity contribution is -0.139. The Morgan fingerprint density at radius 3 is 2.71 bits per heavy atom. The standard InChI is InChI=1S/C20H27N7O4/c1-3-4-14(19(30)31)24-17(28)11-5-7-12(8-6-11)22-9-13-10-23-16-15(27(13)2)18(29)26-20(21)25-16/h5-8,13-14,22H,3-4,9-10H2,1-2H3,(H,24,28)(H,30,31)(H4,21,23,25,26,29). The third-order valence-corrected chi connectivity index (χ3v) is 5.19. The second-order valence-electron chi connectivity index (χ2n) is 7.41. The number of nitrogen functional groups attached to an aromatic ring is 1. The molecule has 1 aliphatic rings. The van der Waals surface area contributed by atoms with Crippen LogP contribution in [0.25, 0.3) is 0 Å². The third kappa shape index (κ3) is 5.05. The number of nitrogens with two attached hydrogens (primary N) is 1. The van der Waals surface area contributed by atoms with E-state index in [1.165, 1.54) is 0 Å². The van der Waals surface area contributed by atoms with E-state index >= 15 is 0 Å². The van der Waals surface area contributed by atoms with E-state index in [1.54, 1.807) is 24.3 Å². The Morgan fingerprint density at radius 2 is 2.06 bits per heavy atom. The number of nitrogens with zero attached hydrogens (tertiary/aromatic N) is 2. The van der Waals surface area contributed by atoms with E-state index in [0.29, 0.717) is 43.0 Å². The number of aromatic nitrogens is 2. The molecule has 3 rings (SSSR count). The second-order valence-corrected chi connectivity index (χ2v) is 7.41. The first-order valence-corrected chi connectivity index (χ1v) is 10.0. The van der Waals surface area contributed by atoms with Gasteiger partial charge in [-0.25, -0.2) is 4.79 Å². The van der Waals surface area contributed by atoms with Gasteiger partial charge in [0.2, 0.25) is 5.95 Å². The zero-order valence-electron chi connectivity index (χ0n) is 17.4. The number of nitrogens with one attached hydrogen (secondary N) is 4. The van der Waals surface area contributed by atoms with E-state index < -0.39 is 17.9 Å². The Kier molecular flexibility index (Phi) is 6.63. The Hall–Kier alpha value is -3.76. The van der Waals surface area contributed by atoms with Crippen LogP contribution >= 0.6 is 0 Å². The minimum Gasteiger partial charge on any atom is -0.480 e. The lowest BCUT2D eigenvalue weighted by Crippen LogP contribution is -2.48. The summed E-state index contributed by atoms with van der Waals surface area (Å²) in [6.07, 6.45) is 1.03. The van der Waals surface area contributed by atoms with Crippen LogP contribution in [0, 0.1) is 0 Å². The van der Waals surface area contributed by atoms with Crippen LogP contribution in [0.3, 0.4) is 0 Å². The molecule has 2 atom stereocenters. The molecule has 0 radical (unpaired) electrons. The largest absolute Gasteiger partial charge is 0.480 e. The summed E-state index contributed by atoms with van der Waals surface area (Å²) < 4.78 is 0. The molecular formula is C20H27N7O4. The van der Waals surface area contributed by atoms with Gasteiger partial charge in [-0.3, -0.25) is 14.6 Å². The molecule has 0 saturated carbocycles. The molecule has 1 aromatic heterocycles. The van der Waals surface area contributed by atoms with Crippen LogP contribution in [-0.2, 0) is 4.79 Å². The topological polar surface area (TPSA) is 165 Å². The van der Waals surface area contributed by atoms with Gasteiger partial charge in [-0.15, -0.1) is 0 Å². The Balaban J connectivity index is 1.60. The summed E-state index contributed by atoms with van der Waals surface area (Å²) in [5.41, 5.74) is 6.89. The van der Waals surface area contributed by atoms with Crippen molar-refractivity contribution in [2.45, 2.75) is 31.8 Å². The number of carbonyl (C=O) groups excluding carboxylic acids is 1. The molecule has 0 saturated heterocycles. The number of amides is 1. The molecule has 7 N–H and O–H groups in total. The van der Waals surface area contributed by atoms with E-state index in [1.807, 2.05) is 18.9 Å². The summed E-state index contributed by atoms with van der Waals surface area (Å²) in [6, 6.07) is 5.86.